The Morgan fingerprint density at radius 1 is 1.12 bits per heavy atom. The zero-order valence-corrected chi connectivity index (χ0v) is 13.5. The molecule has 0 saturated heterocycles. The predicted molar refractivity (Wildman–Crippen MR) is 93.2 cm³/mol. The van der Waals surface area contributed by atoms with Gasteiger partial charge >= 0.3 is 0 Å². The van der Waals surface area contributed by atoms with Crippen LogP contribution in [0.2, 0.25) is 0 Å². The quantitative estimate of drug-likeness (QED) is 0.772. The second-order valence-corrected chi connectivity index (χ2v) is 5.05. The van der Waals surface area contributed by atoms with E-state index in [1.54, 1.807) is 42.5 Å². The molecule has 126 valence electrons. The Morgan fingerprint density at radius 3 is 2.60 bits per heavy atom. The van der Waals surface area contributed by atoms with E-state index < -0.39 is 11.5 Å². The van der Waals surface area contributed by atoms with Crippen LogP contribution in [0.3, 0.4) is 0 Å². The molecule has 25 heavy (non-hydrogen) atoms. The van der Waals surface area contributed by atoms with Gasteiger partial charge in [-0.15, -0.1) is 0 Å². The number of nitrogens with zero attached hydrogens (tertiary/aromatic N) is 3. The van der Waals surface area contributed by atoms with Crippen LogP contribution in [-0.4, -0.2) is 27.0 Å². The lowest BCUT2D eigenvalue weighted by Crippen LogP contribution is -2.26. The third-order valence-electron chi connectivity index (χ3n) is 3.40. The lowest BCUT2D eigenvalue weighted by molar-refractivity contribution is 0.102. The van der Waals surface area contributed by atoms with E-state index in [-0.39, 0.29) is 11.5 Å². The molecule has 0 aliphatic rings. The van der Waals surface area contributed by atoms with Gasteiger partial charge in [-0.3, -0.25) is 19.1 Å². The molecule has 1 amide bonds. The highest BCUT2D eigenvalue weighted by Gasteiger charge is 2.12. The minimum Gasteiger partial charge on any atom is -0.494 e. The molecule has 3 rings (SSSR count). The summed E-state index contributed by atoms with van der Waals surface area (Å²) in [5.41, 5.74) is 0.417. The van der Waals surface area contributed by atoms with Crippen molar-refractivity contribution in [3.63, 3.8) is 0 Å². The number of rotatable bonds is 5. The Balaban J connectivity index is 1.87. The highest BCUT2D eigenvalue weighted by Crippen LogP contribution is 2.14. The van der Waals surface area contributed by atoms with E-state index in [0.29, 0.717) is 12.3 Å². The first-order valence-electron chi connectivity index (χ1n) is 7.72. The molecule has 0 radical (unpaired) electrons. The molecule has 7 heteroatoms. The van der Waals surface area contributed by atoms with Crippen LogP contribution in [0.1, 0.15) is 17.4 Å². The van der Waals surface area contributed by atoms with Gasteiger partial charge in [0.05, 0.1) is 6.61 Å². The Morgan fingerprint density at radius 2 is 1.92 bits per heavy atom. The highest BCUT2D eigenvalue weighted by molar-refractivity contribution is 6.02. The van der Waals surface area contributed by atoms with Crippen molar-refractivity contribution in [1.82, 2.24) is 14.5 Å². The molecule has 0 atom stereocenters. The number of hydrogen-bond acceptors (Lipinski definition) is 5. The molecule has 1 aromatic carbocycles. The van der Waals surface area contributed by atoms with Crippen LogP contribution in [0, 0.1) is 0 Å². The van der Waals surface area contributed by atoms with E-state index in [1.165, 1.54) is 23.2 Å². The summed E-state index contributed by atoms with van der Waals surface area (Å²) in [4.78, 5) is 32.6. The Hall–Kier alpha value is -3.48. The Kier molecular flexibility index (Phi) is 4.84. The zero-order valence-electron chi connectivity index (χ0n) is 13.5. The van der Waals surface area contributed by atoms with Crippen molar-refractivity contribution < 1.29 is 9.53 Å². The van der Waals surface area contributed by atoms with Crippen LogP contribution in [0.5, 0.6) is 5.75 Å². The summed E-state index contributed by atoms with van der Waals surface area (Å²) >= 11 is 0. The van der Waals surface area contributed by atoms with Gasteiger partial charge in [0.2, 0.25) is 0 Å². The molecule has 0 unspecified atom stereocenters. The average molecular weight is 336 g/mol. The number of anilines is 1. The van der Waals surface area contributed by atoms with Crippen LogP contribution in [0.25, 0.3) is 5.69 Å². The van der Waals surface area contributed by atoms with Gasteiger partial charge in [0.25, 0.3) is 11.5 Å². The predicted octanol–water partition coefficient (Wildman–Crippen LogP) is 2.28. The number of hydrogen-bond donors (Lipinski definition) is 1. The molecular weight excluding hydrogens is 320 g/mol. The van der Waals surface area contributed by atoms with E-state index >= 15 is 0 Å². The normalized spacial score (nSPS) is 10.3. The van der Waals surface area contributed by atoms with Gasteiger partial charge in [-0.1, -0.05) is 6.07 Å². The molecule has 7 nitrogen and oxygen atoms in total. The molecule has 0 aliphatic heterocycles. The number of nitrogens with one attached hydrogen (secondary N) is 1. The van der Waals surface area contributed by atoms with Crippen molar-refractivity contribution in [3.05, 3.63) is 77.1 Å². The third kappa shape index (κ3) is 3.72. The van der Waals surface area contributed by atoms with Crippen molar-refractivity contribution in [3.8, 4) is 11.4 Å². The fourth-order valence-corrected chi connectivity index (χ4v) is 2.24. The third-order valence-corrected chi connectivity index (χ3v) is 3.40. The second-order valence-electron chi connectivity index (χ2n) is 5.05. The maximum atomic E-state index is 12.6. The Labute approximate surface area is 143 Å². The van der Waals surface area contributed by atoms with E-state index in [0.717, 1.165) is 5.75 Å². The number of benzene rings is 1. The van der Waals surface area contributed by atoms with Crippen molar-refractivity contribution in [1.29, 1.82) is 0 Å². The molecule has 2 heterocycles. The fourth-order valence-electron chi connectivity index (χ4n) is 2.24. The van der Waals surface area contributed by atoms with Crippen molar-refractivity contribution in [2.24, 2.45) is 0 Å². The first-order valence-corrected chi connectivity index (χ1v) is 7.72. The summed E-state index contributed by atoms with van der Waals surface area (Å²) in [6.07, 6.45) is 4.49. The maximum absolute atomic E-state index is 12.6. The van der Waals surface area contributed by atoms with Gasteiger partial charge in [-0.25, -0.2) is 4.98 Å². The summed E-state index contributed by atoms with van der Waals surface area (Å²) in [7, 11) is 0. The van der Waals surface area contributed by atoms with E-state index in [4.69, 9.17) is 4.74 Å². The van der Waals surface area contributed by atoms with E-state index in [1.807, 2.05) is 6.92 Å². The van der Waals surface area contributed by atoms with E-state index in [2.05, 4.69) is 15.3 Å². The zero-order chi connectivity index (χ0) is 17.6. The largest absolute Gasteiger partial charge is 0.494 e. The topological polar surface area (TPSA) is 86.1 Å². The molecular formula is C18H16N4O3. The van der Waals surface area contributed by atoms with Gasteiger partial charge in [0.15, 0.2) is 5.82 Å². The number of amides is 1. The molecule has 2 aromatic heterocycles. The molecule has 0 spiro atoms. The number of pyridine rings is 1. The lowest BCUT2D eigenvalue weighted by atomic mass is 10.3. The van der Waals surface area contributed by atoms with E-state index in [9.17, 15) is 9.59 Å². The maximum Gasteiger partial charge on any atom is 0.298 e. The van der Waals surface area contributed by atoms with Crippen LogP contribution < -0.4 is 15.6 Å². The minimum atomic E-state index is -0.491. The van der Waals surface area contributed by atoms with Gasteiger partial charge in [0, 0.05) is 24.3 Å². The monoisotopic (exact) mass is 336 g/mol. The molecule has 0 aliphatic carbocycles. The highest BCUT2D eigenvalue weighted by atomic mass is 16.5. The van der Waals surface area contributed by atoms with Gasteiger partial charge in [-0.05, 0) is 43.3 Å². The smallest absolute Gasteiger partial charge is 0.298 e. The van der Waals surface area contributed by atoms with Crippen molar-refractivity contribution in [2.75, 3.05) is 11.9 Å². The number of aromatic nitrogens is 3. The van der Waals surface area contributed by atoms with Crippen LogP contribution in [-0.2, 0) is 0 Å². The summed E-state index contributed by atoms with van der Waals surface area (Å²) in [6, 6.07) is 12.0. The summed E-state index contributed by atoms with van der Waals surface area (Å²) in [5.74, 6) is 0.165. The summed E-state index contributed by atoms with van der Waals surface area (Å²) in [6.45, 7) is 2.47. The van der Waals surface area contributed by atoms with Crippen LogP contribution in [0.4, 0.5) is 5.82 Å². The first-order chi connectivity index (χ1) is 12.2. The minimum absolute atomic E-state index is 0.0629. The second kappa shape index (κ2) is 7.39. The van der Waals surface area contributed by atoms with Crippen LogP contribution >= 0.6 is 0 Å². The number of ether oxygens (including phenoxy) is 1. The average Bonchev–Trinajstić information content (AvgIpc) is 2.65. The molecule has 3 aromatic rings. The van der Waals surface area contributed by atoms with Crippen molar-refractivity contribution in [2.45, 2.75) is 6.92 Å². The Bertz CT molecular complexity index is 921. The lowest BCUT2D eigenvalue weighted by Gasteiger charge is -2.09. The molecule has 1 N–H and O–H groups in total. The van der Waals surface area contributed by atoms with Crippen LogP contribution in [0.15, 0.2) is 65.8 Å². The summed E-state index contributed by atoms with van der Waals surface area (Å²) < 4.78 is 6.79. The van der Waals surface area contributed by atoms with Gasteiger partial charge in [0.1, 0.15) is 11.4 Å². The standard InChI is InChI=1S/C18H16N4O3/c1-2-25-14-8-6-13(7-9-14)22-12-11-20-16(18(22)24)21-17(23)15-5-3-4-10-19-15/h3-12H,2H2,1H3,(H,20,21,23). The van der Waals surface area contributed by atoms with Gasteiger partial charge < -0.3 is 10.1 Å². The fraction of sp³-hybridized carbons (Fsp3) is 0.111. The van der Waals surface area contributed by atoms with Crippen molar-refractivity contribution >= 4 is 11.7 Å². The summed E-state index contributed by atoms with van der Waals surface area (Å²) in [5, 5.41) is 2.50. The van der Waals surface area contributed by atoms with Gasteiger partial charge in [-0.2, -0.15) is 0 Å². The number of carbonyl (C=O) groups excluding carboxylic acids is 1. The molecule has 0 fully saturated rings. The molecule has 0 bridgehead atoms. The number of carbonyl (C=O) groups is 1. The first kappa shape index (κ1) is 16.4. The SMILES string of the molecule is CCOc1ccc(-n2ccnc(NC(=O)c3ccccn3)c2=O)cc1. The molecule has 0 saturated carbocycles.